The van der Waals surface area contributed by atoms with E-state index in [-0.39, 0.29) is 0 Å². The molecule has 0 fully saturated rings. The lowest BCUT2D eigenvalue weighted by Crippen LogP contribution is -2.59. The first-order valence-corrected chi connectivity index (χ1v) is 25.2. The van der Waals surface area contributed by atoms with Crippen LogP contribution < -0.4 is 0 Å². The van der Waals surface area contributed by atoms with Crippen LogP contribution in [0.15, 0.2) is 0 Å². The Labute approximate surface area is 298 Å². The highest BCUT2D eigenvalue weighted by molar-refractivity contribution is 6.75. The van der Waals surface area contributed by atoms with Crippen molar-refractivity contribution in [3.8, 4) is 0 Å². The van der Waals surface area contributed by atoms with E-state index in [2.05, 4.69) is 41.5 Å². The van der Waals surface area contributed by atoms with Crippen molar-refractivity contribution in [2.75, 3.05) is 26.4 Å². The van der Waals surface area contributed by atoms with E-state index in [0.717, 1.165) is 89.9 Å². The van der Waals surface area contributed by atoms with Crippen LogP contribution in [0.5, 0.6) is 0 Å². The zero-order valence-electron chi connectivity index (χ0n) is 33.1. The quantitative estimate of drug-likeness (QED) is 0.0470. The van der Waals surface area contributed by atoms with Gasteiger partial charge in [0.15, 0.2) is 0 Å². The molecule has 0 heterocycles. The molecule has 0 bridgehead atoms. The fourth-order valence-corrected chi connectivity index (χ4v) is 13.8. The van der Waals surface area contributed by atoms with Gasteiger partial charge in [0.05, 0.1) is 0 Å². The number of unbranched alkanes of at least 4 members (excludes halogenated alkanes) is 22. The minimum absolute atomic E-state index is 0.728. The average Bonchev–Trinajstić information content (AvgIpc) is 3.08. The highest BCUT2D eigenvalue weighted by atomic mass is 28.5. The fraction of sp³-hybridized carbons (Fsp3) is 1.00. The van der Waals surface area contributed by atoms with Crippen LogP contribution in [0, 0.1) is 0 Å². The molecule has 0 spiro atoms. The van der Waals surface area contributed by atoms with E-state index in [1.165, 1.54) is 128 Å². The second kappa shape index (κ2) is 36.0. The predicted octanol–water partition coefficient (Wildman–Crippen LogP) is 14.0. The van der Waals surface area contributed by atoms with Crippen molar-refractivity contribution < 1.29 is 21.8 Å². The van der Waals surface area contributed by atoms with Gasteiger partial charge in [0.2, 0.25) is 0 Å². The summed E-state index contributed by atoms with van der Waals surface area (Å²) in [4.78, 5) is 0. The number of hydrogen-bond acceptors (Lipinski definition) is 5. The van der Waals surface area contributed by atoms with Gasteiger partial charge in [-0.3, -0.25) is 0 Å². The Hall–Kier alpha value is 0.234. The zero-order chi connectivity index (χ0) is 34.6. The molecule has 0 radical (unpaired) electrons. The van der Waals surface area contributed by atoms with Gasteiger partial charge < -0.3 is 21.8 Å². The Morgan fingerprint density at radius 2 is 0.468 bits per heavy atom. The fourth-order valence-electron chi connectivity index (χ4n) is 6.06. The summed E-state index contributed by atoms with van der Waals surface area (Å²) in [6, 6.07) is 1.74. The summed E-state index contributed by atoms with van der Waals surface area (Å²) in [5, 5.41) is 0. The minimum atomic E-state index is -3.01. The van der Waals surface area contributed by atoms with Gasteiger partial charge in [-0.05, 0) is 38.5 Å². The van der Waals surface area contributed by atoms with E-state index in [9.17, 15) is 0 Å². The first-order valence-electron chi connectivity index (χ1n) is 21.3. The molecule has 284 valence electrons. The maximum Gasteiger partial charge on any atom is 0.493 e. The second-order valence-electron chi connectivity index (χ2n) is 14.1. The molecule has 0 aliphatic rings. The molecule has 0 rings (SSSR count). The lowest BCUT2D eigenvalue weighted by molar-refractivity contribution is 0.0370. The molecule has 0 saturated carbocycles. The molecule has 0 unspecified atom stereocenters. The van der Waals surface area contributed by atoms with Gasteiger partial charge in [-0.25, -0.2) is 0 Å². The molecule has 0 amide bonds. The summed E-state index contributed by atoms with van der Waals surface area (Å²) in [6.07, 6.45) is 34.5. The maximum absolute atomic E-state index is 7.40. The topological polar surface area (TPSA) is 46.2 Å². The summed E-state index contributed by atoms with van der Waals surface area (Å²) >= 11 is 0. The molecular weight excluding hydrogens is 617 g/mol. The van der Waals surface area contributed by atoms with Crippen LogP contribution in [0.4, 0.5) is 0 Å². The molecule has 0 atom stereocenters. The first-order chi connectivity index (χ1) is 23.1. The Balaban J connectivity index is 5.92. The smallest absolute Gasteiger partial charge is 0.374 e. The molecule has 0 aromatic heterocycles. The number of hydrogen-bond donors (Lipinski definition) is 0. The molecule has 5 nitrogen and oxygen atoms in total. The minimum Gasteiger partial charge on any atom is -0.374 e. The Kier molecular flexibility index (Phi) is 36.2. The highest BCUT2D eigenvalue weighted by Crippen LogP contribution is 2.31. The van der Waals surface area contributed by atoms with E-state index in [4.69, 9.17) is 21.8 Å². The van der Waals surface area contributed by atoms with E-state index >= 15 is 0 Å². The molecular formula is C40H86O5Si2. The van der Waals surface area contributed by atoms with Crippen molar-refractivity contribution in [3.63, 3.8) is 0 Å². The predicted molar refractivity (Wildman–Crippen MR) is 209 cm³/mol. The van der Waals surface area contributed by atoms with E-state index in [0.29, 0.717) is 0 Å². The average molecular weight is 703 g/mol. The van der Waals surface area contributed by atoms with Gasteiger partial charge in [0.1, 0.15) is 0 Å². The third kappa shape index (κ3) is 28.6. The Morgan fingerprint density at radius 1 is 0.255 bits per heavy atom. The second-order valence-corrected chi connectivity index (χ2v) is 19.8. The van der Waals surface area contributed by atoms with Gasteiger partial charge in [0.25, 0.3) is 0 Å². The van der Waals surface area contributed by atoms with Gasteiger partial charge in [-0.1, -0.05) is 183 Å². The van der Waals surface area contributed by atoms with Gasteiger partial charge in [0, 0.05) is 38.5 Å². The number of rotatable bonds is 40. The standard InChI is InChI=1S/C40H86O5Si2/c1-7-13-19-23-27-31-35-41-46(39-17-11-5,42-36-32-28-24-20-14-8-2)45-47(40-18-12-6,43-37-33-29-25-21-15-9-3)44-38-34-30-26-22-16-10-4/h7-40H2,1-6H3. The van der Waals surface area contributed by atoms with Crippen LogP contribution in [-0.2, 0) is 21.8 Å². The van der Waals surface area contributed by atoms with Crippen molar-refractivity contribution >= 4 is 17.6 Å². The molecule has 0 aliphatic carbocycles. The molecule has 47 heavy (non-hydrogen) atoms. The third-order valence-electron chi connectivity index (χ3n) is 9.26. The van der Waals surface area contributed by atoms with Crippen LogP contribution in [0.1, 0.15) is 221 Å². The van der Waals surface area contributed by atoms with Crippen LogP contribution in [0.2, 0.25) is 12.1 Å². The summed E-state index contributed by atoms with van der Waals surface area (Å²) in [5.41, 5.74) is 0. The maximum atomic E-state index is 7.40. The molecule has 0 aromatic carbocycles. The lowest BCUT2D eigenvalue weighted by atomic mass is 10.1. The molecule has 0 N–H and O–H groups in total. The monoisotopic (exact) mass is 703 g/mol. The van der Waals surface area contributed by atoms with Crippen LogP contribution in [0.25, 0.3) is 0 Å². The third-order valence-corrected chi connectivity index (χ3v) is 16.3. The van der Waals surface area contributed by atoms with Crippen molar-refractivity contribution in [1.82, 2.24) is 0 Å². The molecule has 0 aromatic rings. The van der Waals surface area contributed by atoms with E-state index in [1.54, 1.807) is 0 Å². The first kappa shape index (κ1) is 47.2. The zero-order valence-corrected chi connectivity index (χ0v) is 35.1. The summed E-state index contributed by atoms with van der Waals surface area (Å²) in [7, 11) is -6.03. The Bertz CT molecular complexity index is 523. The highest BCUT2D eigenvalue weighted by Gasteiger charge is 2.53. The van der Waals surface area contributed by atoms with Crippen molar-refractivity contribution in [2.45, 2.75) is 233 Å². The van der Waals surface area contributed by atoms with Crippen molar-refractivity contribution in [3.05, 3.63) is 0 Å². The van der Waals surface area contributed by atoms with Gasteiger partial charge >= 0.3 is 17.6 Å². The SMILES string of the molecule is CCCCCCCCO[Si](CCCC)(OCCCCCCCC)O[Si](CCCC)(OCCCCCCCC)OCCCCCCCC. The van der Waals surface area contributed by atoms with Crippen LogP contribution in [0.3, 0.4) is 0 Å². The van der Waals surface area contributed by atoms with Gasteiger partial charge in [-0.2, -0.15) is 0 Å². The van der Waals surface area contributed by atoms with Gasteiger partial charge in [-0.15, -0.1) is 0 Å². The summed E-state index contributed by atoms with van der Waals surface area (Å²) in [6.45, 7) is 16.6. The Morgan fingerprint density at radius 3 is 0.702 bits per heavy atom. The molecule has 0 aliphatic heterocycles. The van der Waals surface area contributed by atoms with E-state index in [1.807, 2.05) is 0 Å². The van der Waals surface area contributed by atoms with Crippen molar-refractivity contribution in [1.29, 1.82) is 0 Å². The lowest BCUT2D eigenvalue weighted by Gasteiger charge is -2.39. The van der Waals surface area contributed by atoms with Crippen LogP contribution >= 0.6 is 0 Å². The normalized spacial score (nSPS) is 12.4. The summed E-state index contributed by atoms with van der Waals surface area (Å²) < 4.78 is 35.1. The van der Waals surface area contributed by atoms with E-state index < -0.39 is 17.6 Å². The van der Waals surface area contributed by atoms with Crippen LogP contribution in [-0.4, -0.2) is 44.0 Å². The van der Waals surface area contributed by atoms with Crippen molar-refractivity contribution in [2.24, 2.45) is 0 Å². The molecule has 0 saturated heterocycles. The largest absolute Gasteiger partial charge is 0.493 e. The summed E-state index contributed by atoms with van der Waals surface area (Å²) in [5.74, 6) is 0. The molecule has 7 heteroatoms.